The zero-order chi connectivity index (χ0) is 15.4. The van der Waals surface area contributed by atoms with E-state index in [4.69, 9.17) is 11.5 Å². The van der Waals surface area contributed by atoms with E-state index in [9.17, 15) is 0 Å². The largest absolute Gasteiger partial charge is 0.329 e. The molecule has 1 atom stereocenters. The Hall–Kier alpha value is -2.70. The first-order valence-corrected chi connectivity index (χ1v) is 6.94. The van der Waals surface area contributed by atoms with Crippen LogP contribution in [-0.4, -0.2) is 26.5 Å². The molecule has 22 heavy (non-hydrogen) atoms. The third-order valence-electron chi connectivity index (χ3n) is 3.23. The number of nitrogens with zero attached hydrogens (tertiary/aromatic N) is 4. The van der Waals surface area contributed by atoms with E-state index >= 15 is 0 Å². The maximum Gasteiger partial charge on any atom is 0.179 e. The van der Waals surface area contributed by atoms with Crippen molar-refractivity contribution in [1.29, 1.82) is 0 Å². The number of hydrogen-bond acceptors (Lipinski definition) is 6. The van der Waals surface area contributed by atoms with E-state index in [-0.39, 0.29) is 6.04 Å². The topological polar surface area (TPSA) is 104 Å². The van der Waals surface area contributed by atoms with Crippen molar-refractivity contribution in [3.05, 3.63) is 60.7 Å². The van der Waals surface area contributed by atoms with Gasteiger partial charge in [0.15, 0.2) is 5.82 Å². The van der Waals surface area contributed by atoms with Gasteiger partial charge in [0.25, 0.3) is 0 Å². The summed E-state index contributed by atoms with van der Waals surface area (Å²) in [4.78, 5) is 17.5. The average Bonchev–Trinajstić information content (AvgIpc) is 2.62. The Morgan fingerprint density at radius 1 is 1.00 bits per heavy atom. The molecular weight excluding hydrogens is 276 g/mol. The summed E-state index contributed by atoms with van der Waals surface area (Å²) in [5.74, 6) is 0.529. The fourth-order valence-electron chi connectivity index (χ4n) is 2.05. The molecule has 0 aliphatic heterocycles. The predicted molar refractivity (Wildman–Crippen MR) is 84.5 cm³/mol. The number of hydrogen-bond donors (Lipinski definition) is 2. The third kappa shape index (κ3) is 2.98. The van der Waals surface area contributed by atoms with E-state index in [1.165, 1.54) is 0 Å². The molecule has 3 rings (SSSR count). The molecule has 0 saturated carbocycles. The highest BCUT2D eigenvalue weighted by Gasteiger charge is 2.13. The van der Waals surface area contributed by atoms with Crippen LogP contribution in [0.25, 0.3) is 22.8 Å². The second-order valence-corrected chi connectivity index (χ2v) is 4.80. The first-order chi connectivity index (χ1) is 10.8. The van der Waals surface area contributed by atoms with Gasteiger partial charge >= 0.3 is 0 Å². The van der Waals surface area contributed by atoms with Crippen molar-refractivity contribution in [2.45, 2.75) is 6.04 Å². The van der Waals surface area contributed by atoms with Crippen LogP contribution in [-0.2, 0) is 0 Å². The molecule has 0 amide bonds. The molecule has 3 aromatic rings. The molecule has 4 N–H and O–H groups in total. The number of aromatic nitrogens is 4. The second kappa shape index (κ2) is 6.38. The molecule has 0 spiro atoms. The molecule has 0 aliphatic rings. The zero-order valence-corrected chi connectivity index (χ0v) is 11.9. The summed E-state index contributed by atoms with van der Waals surface area (Å²) in [6, 6.07) is 10.9. The van der Waals surface area contributed by atoms with Crippen LogP contribution in [0.1, 0.15) is 11.7 Å². The predicted octanol–water partition coefficient (Wildman–Crippen LogP) is 1.56. The van der Waals surface area contributed by atoms with Crippen molar-refractivity contribution < 1.29 is 0 Å². The quantitative estimate of drug-likeness (QED) is 0.756. The average molecular weight is 292 g/mol. The number of nitrogens with two attached hydrogens (primary N) is 2. The monoisotopic (exact) mass is 292 g/mol. The van der Waals surface area contributed by atoms with Gasteiger partial charge in [-0.2, -0.15) is 0 Å². The normalized spacial score (nSPS) is 12.1. The molecular formula is C16H16N6. The Labute approximate surface area is 128 Å². The summed E-state index contributed by atoms with van der Waals surface area (Å²) in [6.07, 6.45) is 5.18. The molecule has 6 heteroatoms. The van der Waals surface area contributed by atoms with Gasteiger partial charge in [-0.1, -0.05) is 6.07 Å². The lowest BCUT2D eigenvalue weighted by Gasteiger charge is -2.12. The maximum atomic E-state index is 6.04. The highest BCUT2D eigenvalue weighted by atomic mass is 14.9. The van der Waals surface area contributed by atoms with Gasteiger partial charge in [-0.25, -0.2) is 9.97 Å². The highest BCUT2D eigenvalue weighted by Crippen LogP contribution is 2.22. The maximum absolute atomic E-state index is 6.04. The molecule has 0 aromatic carbocycles. The van der Waals surface area contributed by atoms with Crippen LogP contribution in [0.3, 0.4) is 0 Å². The van der Waals surface area contributed by atoms with Crippen LogP contribution in [0.2, 0.25) is 0 Å². The Morgan fingerprint density at radius 2 is 1.91 bits per heavy atom. The van der Waals surface area contributed by atoms with Crippen molar-refractivity contribution in [2.75, 3.05) is 6.54 Å². The van der Waals surface area contributed by atoms with Crippen molar-refractivity contribution >= 4 is 0 Å². The number of pyridine rings is 2. The smallest absolute Gasteiger partial charge is 0.179 e. The highest BCUT2D eigenvalue weighted by molar-refractivity contribution is 5.62. The third-order valence-corrected chi connectivity index (χ3v) is 3.23. The van der Waals surface area contributed by atoms with Crippen molar-refractivity contribution in [2.24, 2.45) is 11.5 Å². The van der Waals surface area contributed by atoms with Crippen LogP contribution in [0, 0.1) is 0 Å². The van der Waals surface area contributed by atoms with Gasteiger partial charge in [0.1, 0.15) is 5.69 Å². The van der Waals surface area contributed by atoms with Crippen molar-refractivity contribution in [3.63, 3.8) is 0 Å². The summed E-state index contributed by atoms with van der Waals surface area (Å²) in [5, 5.41) is 0. The van der Waals surface area contributed by atoms with Gasteiger partial charge in [0, 0.05) is 30.7 Å². The van der Waals surface area contributed by atoms with Gasteiger partial charge in [-0.15, -0.1) is 0 Å². The van der Waals surface area contributed by atoms with E-state index in [1.807, 2.05) is 36.4 Å². The summed E-state index contributed by atoms with van der Waals surface area (Å²) < 4.78 is 0. The Balaban J connectivity index is 2.14. The zero-order valence-electron chi connectivity index (χ0n) is 11.9. The Kier molecular flexibility index (Phi) is 4.13. The molecule has 0 bridgehead atoms. The van der Waals surface area contributed by atoms with Gasteiger partial charge in [0.2, 0.25) is 0 Å². The standard InChI is InChI=1S/C16H16N6/c17-9-12(18)15-8-14(11-4-3-6-19-10-11)21-16(22-15)13-5-1-2-7-20-13/h1-8,10,12H,9,17-18H2. The van der Waals surface area contributed by atoms with E-state index in [0.29, 0.717) is 23.8 Å². The van der Waals surface area contributed by atoms with Crippen LogP contribution in [0.5, 0.6) is 0 Å². The van der Waals surface area contributed by atoms with Gasteiger partial charge < -0.3 is 11.5 Å². The van der Waals surface area contributed by atoms with Crippen LogP contribution >= 0.6 is 0 Å². The van der Waals surface area contributed by atoms with Gasteiger partial charge in [-0.3, -0.25) is 9.97 Å². The molecule has 6 nitrogen and oxygen atoms in total. The lowest BCUT2D eigenvalue weighted by Crippen LogP contribution is -2.22. The SMILES string of the molecule is NCC(N)c1cc(-c2cccnc2)nc(-c2ccccn2)n1. The van der Waals surface area contributed by atoms with Crippen LogP contribution < -0.4 is 11.5 Å². The van der Waals surface area contributed by atoms with Crippen molar-refractivity contribution in [1.82, 2.24) is 19.9 Å². The molecule has 110 valence electrons. The first kappa shape index (κ1) is 14.2. The minimum atomic E-state index is -0.346. The van der Waals surface area contributed by atoms with Gasteiger partial charge in [0.05, 0.1) is 17.4 Å². The van der Waals surface area contributed by atoms with E-state index in [0.717, 1.165) is 11.3 Å². The minimum absolute atomic E-state index is 0.311. The summed E-state index contributed by atoms with van der Waals surface area (Å²) >= 11 is 0. The fraction of sp³-hybridized carbons (Fsp3) is 0.125. The molecule has 0 saturated heterocycles. The van der Waals surface area contributed by atoms with Crippen molar-refractivity contribution in [3.8, 4) is 22.8 Å². The van der Waals surface area contributed by atoms with E-state index in [1.54, 1.807) is 18.6 Å². The molecule has 0 radical (unpaired) electrons. The first-order valence-electron chi connectivity index (χ1n) is 6.94. The lowest BCUT2D eigenvalue weighted by atomic mass is 10.1. The summed E-state index contributed by atoms with van der Waals surface area (Å²) in [5.41, 5.74) is 14.7. The second-order valence-electron chi connectivity index (χ2n) is 4.80. The minimum Gasteiger partial charge on any atom is -0.329 e. The molecule has 3 aromatic heterocycles. The Bertz CT molecular complexity index is 687. The molecule has 3 heterocycles. The summed E-state index contributed by atoms with van der Waals surface area (Å²) in [7, 11) is 0. The van der Waals surface area contributed by atoms with Crippen LogP contribution in [0.15, 0.2) is 55.0 Å². The molecule has 0 aliphatic carbocycles. The van der Waals surface area contributed by atoms with E-state index in [2.05, 4.69) is 19.9 Å². The van der Waals surface area contributed by atoms with Crippen LogP contribution in [0.4, 0.5) is 0 Å². The fourth-order valence-corrected chi connectivity index (χ4v) is 2.05. The number of rotatable bonds is 4. The van der Waals surface area contributed by atoms with E-state index < -0.39 is 0 Å². The van der Waals surface area contributed by atoms with Gasteiger partial charge in [-0.05, 0) is 30.3 Å². The lowest BCUT2D eigenvalue weighted by molar-refractivity contribution is 0.709. The summed E-state index contributed by atoms with van der Waals surface area (Å²) in [6.45, 7) is 0.311. The Morgan fingerprint density at radius 3 is 2.59 bits per heavy atom. The molecule has 0 fully saturated rings. The molecule has 1 unspecified atom stereocenters.